The molecule has 0 saturated carbocycles. The van der Waals surface area contributed by atoms with E-state index in [1.807, 2.05) is 73.7 Å². The summed E-state index contributed by atoms with van der Waals surface area (Å²) in [6, 6.07) is 21.6. The van der Waals surface area contributed by atoms with Gasteiger partial charge in [-0.3, -0.25) is 9.78 Å². The van der Waals surface area contributed by atoms with Gasteiger partial charge in [0.1, 0.15) is 5.76 Å². The Bertz CT molecular complexity index is 1350. The van der Waals surface area contributed by atoms with Crippen LogP contribution in [0.4, 0.5) is 5.69 Å². The van der Waals surface area contributed by atoms with Gasteiger partial charge in [-0.2, -0.15) is 0 Å². The average molecular weight is 444 g/mol. The number of hydrogen-bond acceptors (Lipinski definition) is 6. The normalized spacial score (nSPS) is 16.4. The number of hydrogen-bond donors (Lipinski definition) is 1. The van der Waals surface area contributed by atoms with Crippen LogP contribution in [0.15, 0.2) is 97.2 Å². The van der Waals surface area contributed by atoms with Crippen LogP contribution < -0.4 is 5.32 Å². The molecule has 0 radical (unpaired) electrons. The number of aliphatic imine (C=N–C) groups is 1. The van der Waals surface area contributed by atoms with Crippen LogP contribution in [-0.4, -0.2) is 16.1 Å². The molecule has 1 amide bonds. The fourth-order valence-electron chi connectivity index (χ4n) is 3.16. The SMILES string of the molecule is Cc1cccc(N=C2NC(=O)/C(=C/c3ccc(Sc4cccc5cccnc45)o3)S2)c1. The van der Waals surface area contributed by atoms with Crippen molar-refractivity contribution in [3.63, 3.8) is 0 Å². The Morgan fingerprint density at radius 3 is 2.87 bits per heavy atom. The molecular weight excluding hydrogens is 426 g/mol. The number of pyridine rings is 1. The number of amidine groups is 1. The molecule has 5 nitrogen and oxygen atoms in total. The Kier molecular flexibility index (Phi) is 5.36. The fourth-order valence-corrected chi connectivity index (χ4v) is 4.88. The molecule has 5 rings (SSSR count). The quantitative estimate of drug-likeness (QED) is 0.382. The third kappa shape index (κ3) is 4.42. The summed E-state index contributed by atoms with van der Waals surface area (Å²) in [7, 11) is 0. The number of carbonyl (C=O) groups excluding carboxylic acids is 1. The number of amides is 1. The van der Waals surface area contributed by atoms with Gasteiger partial charge >= 0.3 is 0 Å². The van der Waals surface area contributed by atoms with Gasteiger partial charge < -0.3 is 9.73 Å². The highest BCUT2D eigenvalue weighted by Gasteiger charge is 2.24. The topological polar surface area (TPSA) is 67.5 Å². The molecule has 3 heterocycles. The van der Waals surface area contributed by atoms with Crippen molar-refractivity contribution in [1.82, 2.24) is 10.3 Å². The minimum Gasteiger partial charge on any atom is -0.450 e. The number of nitrogens with zero attached hydrogens (tertiary/aromatic N) is 2. The molecule has 152 valence electrons. The van der Waals surface area contributed by atoms with Gasteiger partial charge in [-0.05, 0) is 72.4 Å². The third-order valence-electron chi connectivity index (χ3n) is 4.56. The Morgan fingerprint density at radius 1 is 1.10 bits per heavy atom. The first kappa shape index (κ1) is 19.7. The van der Waals surface area contributed by atoms with Crippen LogP contribution in [0.2, 0.25) is 0 Å². The second kappa shape index (κ2) is 8.45. The molecule has 0 spiro atoms. The predicted octanol–water partition coefficient (Wildman–Crippen LogP) is 6.18. The first-order valence-corrected chi connectivity index (χ1v) is 11.2. The van der Waals surface area contributed by atoms with Gasteiger partial charge in [0.05, 0.1) is 16.1 Å². The lowest BCUT2D eigenvalue weighted by molar-refractivity contribution is -0.115. The molecule has 4 aromatic rings. The van der Waals surface area contributed by atoms with Gasteiger partial charge in [0, 0.05) is 22.6 Å². The number of aromatic nitrogens is 1. The van der Waals surface area contributed by atoms with Gasteiger partial charge in [0.2, 0.25) is 0 Å². The molecule has 0 atom stereocenters. The number of nitrogens with one attached hydrogen (secondary N) is 1. The highest BCUT2D eigenvalue weighted by molar-refractivity contribution is 8.18. The average Bonchev–Trinajstić information content (AvgIpc) is 3.34. The smallest absolute Gasteiger partial charge is 0.264 e. The summed E-state index contributed by atoms with van der Waals surface area (Å²) in [6.45, 7) is 2.01. The number of benzene rings is 2. The number of aryl methyl sites for hydroxylation is 1. The van der Waals surface area contributed by atoms with E-state index in [2.05, 4.69) is 15.3 Å². The maximum Gasteiger partial charge on any atom is 0.264 e. The number of rotatable bonds is 4. The van der Waals surface area contributed by atoms with E-state index in [9.17, 15) is 4.79 Å². The van der Waals surface area contributed by atoms with Crippen molar-refractivity contribution in [2.75, 3.05) is 0 Å². The van der Waals surface area contributed by atoms with Crippen molar-refractivity contribution < 1.29 is 9.21 Å². The summed E-state index contributed by atoms with van der Waals surface area (Å²) in [5, 5.41) is 5.19. The zero-order chi connectivity index (χ0) is 21.2. The lowest BCUT2D eigenvalue weighted by atomic mass is 10.2. The van der Waals surface area contributed by atoms with E-state index >= 15 is 0 Å². The van der Waals surface area contributed by atoms with Crippen molar-refractivity contribution in [3.8, 4) is 0 Å². The Balaban J connectivity index is 1.34. The largest absolute Gasteiger partial charge is 0.450 e. The standard InChI is InChI=1S/C24H17N3O2S2/c1-15-5-2-8-17(13-15)26-24-27-23(28)20(31-24)14-18-10-11-21(29-18)30-19-9-3-6-16-7-4-12-25-22(16)19/h2-14H,1H3,(H,26,27,28)/b20-14-. The molecule has 0 aliphatic carbocycles. The first-order chi connectivity index (χ1) is 15.1. The second-order valence-corrected chi connectivity index (χ2v) is 8.99. The van der Waals surface area contributed by atoms with Crippen LogP contribution in [0.5, 0.6) is 0 Å². The van der Waals surface area contributed by atoms with E-state index in [4.69, 9.17) is 4.42 Å². The van der Waals surface area contributed by atoms with Crippen LogP contribution in [0, 0.1) is 6.92 Å². The van der Waals surface area contributed by atoms with Gasteiger partial charge in [0.15, 0.2) is 10.3 Å². The lowest BCUT2D eigenvalue weighted by Gasteiger charge is -2.02. The van der Waals surface area contributed by atoms with E-state index < -0.39 is 0 Å². The summed E-state index contributed by atoms with van der Waals surface area (Å²) < 4.78 is 5.94. The van der Waals surface area contributed by atoms with E-state index in [0.29, 0.717) is 15.8 Å². The number of furan rings is 1. The minimum absolute atomic E-state index is 0.180. The summed E-state index contributed by atoms with van der Waals surface area (Å²) in [5.74, 6) is 0.436. The predicted molar refractivity (Wildman–Crippen MR) is 127 cm³/mol. The maximum atomic E-state index is 12.4. The van der Waals surface area contributed by atoms with Crippen LogP contribution in [-0.2, 0) is 4.79 Å². The molecule has 2 aromatic heterocycles. The van der Waals surface area contributed by atoms with Crippen molar-refractivity contribution in [2.24, 2.45) is 4.99 Å². The molecule has 0 unspecified atom stereocenters. The summed E-state index contributed by atoms with van der Waals surface area (Å²) in [5.41, 5.74) is 2.87. The van der Waals surface area contributed by atoms with Crippen molar-refractivity contribution >= 4 is 57.3 Å². The Morgan fingerprint density at radius 2 is 1.97 bits per heavy atom. The minimum atomic E-state index is -0.180. The molecule has 1 aliphatic rings. The molecule has 0 bridgehead atoms. The van der Waals surface area contributed by atoms with Crippen LogP contribution in [0.1, 0.15) is 11.3 Å². The molecule has 1 saturated heterocycles. The van der Waals surface area contributed by atoms with E-state index in [1.54, 1.807) is 12.3 Å². The van der Waals surface area contributed by atoms with E-state index in [-0.39, 0.29) is 5.91 Å². The summed E-state index contributed by atoms with van der Waals surface area (Å²) >= 11 is 2.81. The van der Waals surface area contributed by atoms with Crippen LogP contribution in [0.3, 0.4) is 0 Å². The Hall–Kier alpha value is -3.29. The molecule has 7 heteroatoms. The van der Waals surface area contributed by atoms with Gasteiger partial charge in [-0.25, -0.2) is 4.99 Å². The second-order valence-electron chi connectivity index (χ2n) is 6.91. The number of thioether (sulfide) groups is 1. The highest BCUT2D eigenvalue weighted by atomic mass is 32.2. The summed E-state index contributed by atoms with van der Waals surface area (Å²) in [6.07, 6.45) is 3.53. The van der Waals surface area contributed by atoms with E-state index in [1.165, 1.54) is 23.5 Å². The maximum absolute atomic E-state index is 12.4. The van der Waals surface area contributed by atoms with Crippen LogP contribution >= 0.6 is 23.5 Å². The molecule has 31 heavy (non-hydrogen) atoms. The number of carbonyl (C=O) groups is 1. The van der Waals surface area contributed by atoms with Crippen molar-refractivity contribution in [3.05, 3.63) is 89.2 Å². The molecule has 1 N–H and O–H groups in total. The van der Waals surface area contributed by atoms with Gasteiger partial charge in [0.25, 0.3) is 5.91 Å². The Labute approximate surface area is 187 Å². The lowest BCUT2D eigenvalue weighted by Crippen LogP contribution is -2.19. The summed E-state index contributed by atoms with van der Waals surface area (Å²) in [4.78, 5) is 22.9. The zero-order valence-corrected chi connectivity index (χ0v) is 18.2. The number of para-hydroxylation sites is 1. The zero-order valence-electron chi connectivity index (χ0n) is 16.5. The third-order valence-corrected chi connectivity index (χ3v) is 6.44. The highest BCUT2D eigenvalue weighted by Crippen LogP contribution is 2.35. The molecule has 1 aliphatic heterocycles. The molecule has 2 aromatic carbocycles. The fraction of sp³-hybridized carbons (Fsp3) is 0.0417. The monoisotopic (exact) mass is 443 g/mol. The number of fused-ring (bicyclic) bond motifs is 1. The van der Waals surface area contributed by atoms with Crippen LogP contribution in [0.25, 0.3) is 17.0 Å². The first-order valence-electron chi connectivity index (χ1n) is 9.62. The molecular formula is C24H17N3O2S2. The van der Waals surface area contributed by atoms with E-state index in [0.717, 1.165) is 32.1 Å². The van der Waals surface area contributed by atoms with Crippen molar-refractivity contribution in [2.45, 2.75) is 16.9 Å². The van der Waals surface area contributed by atoms with Gasteiger partial charge in [-0.15, -0.1) is 0 Å². The van der Waals surface area contributed by atoms with Crippen molar-refractivity contribution in [1.29, 1.82) is 0 Å². The molecule has 1 fully saturated rings. The van der Waals surface area contributed by atoms with Gasteiger partial charge in [-0.1, -0.05) is 30.3 Å².